The quantitative estimate of drug-likeness (QED) is 0.802. The van der Waals surface area contributed by atoms with Crippen molar-refractivity contribution >= 4 is 23.4 Å². The highest BCUT2D eigenvalue weighted by Crippen LogP contribution is 2.40. The molecule has 1 saturated heterocycles. The van der Waals surface area contributed by atoms with Crippen molar-refractivity contribution in [1.29, 1.82) is 5.26 Å². The highest BCUT2D eigenvalue weighted by molar-refractivity contribution is 8.01. The Bertz CT molecular complexity index is 435. The lowest BCUT2D eigenvalue weighted by molar-refractivity contribution is 0.588. The van der Waals surface area contributed by atoms with Gasteiger partial charge in [-0.15, -0.1) is 11.8 Å². The maximum atomic E-state index is 13.6. The van der Waals surface area contributed by atoms with Crippen molar-refractivity contribution in [2.24, 2.45) is 0 Å². The maximum Gasteiger partial charge on any atom is 0.127 e. The van der Waals surface area contributed by atoms with Gasteiger partial charge in [0.15, 0.2) is 0 Å². The summed E-state index contributed by atoms with van der Waals surface area (Å²) in [5, 5.41) is 9.60. The van der Waals surface area contributed by atoms with Crippen LogP contribution in [0.2, 0.25) is 5.02 Å². The molecule has 1 atom stereocenters. The number of hydrogen-bond donors (Lipinski definition) is 0. The van der Waals surface area contributed by atoms with Gasteiger partial charge in [0.2, 0.25) is 0 Å². The smallest absolute Gasteiger partial charge is 0.127 e. The molecule has 1 aromatic rings. The monoisotopic (exact) mass is 255 g/mol. The van der Waals surface area contributed by atoms with E-state index >= 15 is 0 Å². The fourth-order valence-electron chi connectivity index (χ4n) is 1.94. The van der Waals surface area contributed by atoms with Crippen LogP contribution < -0.4 is 0 Å². The Labute approximate surface area is 104 Å². The molecule has 0 N–H and O–H groups in total. The summed E-state index contributed by atoms with van der Waals surface area (Å²) in [5.74, 6) is 0.678. The van der Waals surface area contributed by atoms with Crippen LogP contribution >= 0.6 is 23.4 Å². The Balaban J connectivity index is 2.23. The van der Waals surface area contributed by atoms with Crippen LogP contribution in [0.1, 0.15) is 18.4 Å². The fourth-order valence-corrected chi connectivity index (χ4v) is 3.39. The second-order valence-corrected chi connectivity index (χ2v) is 5.89. The predicted octanol–water partition coefficient (Wildman–Crippen LogP) is 3.81. The molecule has 2 rings (SSSR count). The number of nitrogens with zero attached hydrogens (tertiary/aromatic N) is 1. The molecule has 1 nitrogen and oxygen atoms in total. The van der Waals surface area contributed by atoms with E-state index in [1.54, 1.807) is 23.9 Å². The summed E-state index contributed by atoms with van der Waals surface area (Å²) in [5.41, 5.74) is 0.584. The molecule has 4 heteroatoms. The molecule has 1 aliphatic rings. The van der Waals surface area contributed by atoms with E-state index in [9.17, 15) is 9.65 Å². The Morgan fingerprint density at radius 2 is 2.38 bits per heavy atom. The van der Waals surface area contributed by atoms with Crippen LogP contribution in [-0.2, 0) is 6.42 Å². The normalized spacial score (nSPS) is 24.3. The third-order valence-corrected chi connectivity index (χ3v) is 4.52. The van der Waals surface area contributed by atoms with Crippen molar-refractivity contribution in [2.75, 3.05) is 5.75 Å². The minimum atomic E-state index is -0.436. The number of thioether (sulfide) groups is 1. The Morgan fingerprint density at radius 1 is 1.56 bits per heavy atom. The second-order valence-electron chi connectivity index (χ2n) is 3.97. The van der Waals surface area contributed by atoms with Gasteiger partial charge in [0.1, 0.15) is 10.6 Å². The van der Waals surface area contributed by atoms with E-state index in [1.165, 1.54) is 6.07 Å². The molecule has 0 aromatic heterocycles. The molecule has 1 aliphatic heterocycles. The van der Waals surface area contributed by atoms with Gasteiger partial charge in [-0.1, -0.05) is 17.7 Å². The molecule has 1 unspecified atom stereocenters. The molecule has 0 saturated carbocycles. The second kappa shape index (κ2) is 4.65. The summed E-state index contributed by atoms with van der Waals surface area (Å²) >= 11 is 7.33. The van der Waals surface area contributed by atoms with E-state index in [4.69, 9.17) is 11.6 Å². The van der Waals surface area contributed by atoms with Crippen LogP contribution in [0.4, 0.5) is 4.39 Å². The summed E-state index contributed by atoms with van der Waals surface area (Å²) < 4.78 is 13.2. The van der Waals surface area contributed by atoms with Gasteiger partial charge in [0.05, 0.1) is 6.07 Å². The van der Waals surface area contributed by atoms with Gasteiger partial charge in [-0.2, -0.15) is 5.26 Å². The zero-order chi connectivity index (χ0) is 11.6. The first-order valence-corrected chi connectivity index (χ1v) is 6.51. The summed E-state index contributed by atoms with van der Waals surface area (Å²) in [4.78, 5) is 0. The van der Waals surface area contributed by atoms with Gasteiger partial charge in [0.25, 0.3) is 0 Å². The van der Waals surface area contributed by atoms with Crippen LogP contribution in [0.3, 0.4) is 0 Å². The first-order chi connectivity index (χ1) is 7.65. The van der Waals surface area contributed by atoms with E-state index in [1.807, 2.05) is 0 Å². The highest BCUT2D eigenvalue weighted by atomic mass is 35.5. The lowest BCUT2D eigenvalue weighted by atomic mass is 9.95. The van der Waals surface area contributed by atoms with Crippen LogP contribution in [0.25, 0.3) is 0 Å². The summed E-state index contributed by atoms with van der Waals surface area (Å²) in [7, 11) is 0. The van der Waals surface area contributed by atoms with Crippen molar-refractivity contribution in [3.63, 3.8) is 0 Å². The van der Waals surface area contributed by atoms with Gasteiger partial charge in [0, 0.05) is 11.4 Å². The Morgan fingerprint density at radius 3 is 2.94 bits per heavy atom. The third-order valence-electron chi connectivity index (χ3n) is 2.80. The zero-order valence-electron chi connectivity index (χ0n) is 8.67. The van der Waals surface area contributed by atoms with Crippen molar-refractivity contribution in [2.45, 2.75) is 24.0 Å². The average molecular weight is 256 g/mol. The average Bonchev–Trinajstić information content (AvgIpc) is 2.72. The Hall–Kier alpha value is -0.720. The predicted molar refractivity (Wildman–Crippen MR) is 65.2 cm³/mol. The van der Waals surface area contributed by atoms with Gasteiger partial charge in [-0.05, 0) is 36.3 Å². The molecule has 16 heavy (non-hydrogen) atoms. The molecule has 0 bridgehead atoms. The van der Waals surface area contributed by atoms with E-state index < -0.39 is 4.75 Å². The molecule has 84 valence electrons. The number of halogens is 2. The maximum absolute atomic E-state index is 13.6. The Kier molecular flexibility index (Phi) is 3.41. The van der Waals surface area contributed by atoms with Crippen molar-refractivity contribution in [1.82, 2.24) is 0 Å². The topological polar surface area (TPSA) is 23.8 Å². The van der Waals surface area contributed by atoms with E-state index in [2.05, 4.69) is 6.07 Å². The molecular formula is C12H11ClFNS. The molecule has 0 spiro atoms. The lowest BCUT2D eigenvalue weighted by Crippen LogP contribution is -2.22. The number of benzene rings is 1. The molecule has 1 aromatic carbocycles. The molecular weight excluding hydrogens is 245 g/mol. The first kappa shape index (κ1) is 11.8. The minimum Gasteiger partial charge on any atom is -0.207 e. The van der Waals surface area contributed by atoms with Crippen molar-refractivity contribution < 1.29 is 4.39 Å². The standard InChI is InChI=1S/C12H11ClFNS/c13-10-3-2-9(11(14)6-10)7-12(8-15)4-1-5-16-12/h2-3,6H,1,4-5,7H2. The largest absolute Gasteiger partial charge is 0.207 e. The number of rotatable bonds is 2. The van der Waals surface area contributed by atoms with E-state index in [-0.39, 0.29) is 5.82 Å². The highest BCUT2D eigenvalue weighted by Gasteiger charge is 2.35. The molecule has 0 aliphatic carbocycles. The molecule has 0 amide bonds. The zero-order valence-corrected chi connectivity index (χ0v) is 10.2. The SMILES string of the molecule is N#CC1(Cc2ccc(Cl)cc2F)CCCS1. The van der Waals surface area contributed by atoms with Gasteiger partial charge in [-0.3, -0.25) is 0 Å². The molecule has 0 radical (unpaired) electrons. The molecule has 1 fully saturated rings. The third kappa shape index (κ3) is 2.34. The van der Waals surface area contributed by atoms with Gasteiger partial charge < -0.3 is 0 Å². The number of hydrogen-bond acceptors (Lipinski definition) is 2. The summed E-state index contributed by atoms with van der Waals surface area (Å²) in [6, 6.07) is 6.99. The van der Waals surface area contributed by atoms with E-state index in [0.717, 1.165) is 18.6 Å². The van der Waals surface area contributed by atoms with E-state index in [0.29, 0.717) is 17.0 Å². The van der Waals surface area contributed by atoms with Gasteiger partial charge >= 0.3 is 0 Å². The number of nitriles is 1. The van der Waals surface area contributed by atoms with Gasteiger partial charge in [-0.25, -0.2) is 4.39 Å². The minimum absolute atomic E-state index is 0.311. The van der Waals surface area contributed by atoms with Crippen LogP contribution in [0.15, 0.2) is 18.2 Å². The molecule has 1 heterocycles. The summed E-state index contributed by atoms with van der Waals surface area (Å²) in [6.45, 7) is 0. The van der Waals surface area contributed by atoms with Crippen LogP contribution in [0, 0.1) is 17.1 Å². The van der Waals surface area contributed by atoms with Crippen molar-refractivity contribution in [3.8, 4) is 6.07 Å². The first-order valence-electron chi connectivity index (χ1n) is 5.14. The van der Waals surface area contributed by atoms with Crippen LogP contribution in [-0.4, -0.2) is 10.5 Å². The lowest BCUT2D eigenvalue weighted by Gasteiger charge is -2.19. The van der Waals surface area contributed by atoms with Crippen molar-refractivity contribution in [3.05, 3.63) is 34.6 Å². The van der Waals surface area contributed by atoms with Crippen LogP contribution in [0.5, 0.6) is 0 Å². The summed E-state index contributed by atoms with van der Waals surface area (Å²) in [6.07, 6.45) is 2.35. The fraction of sp³-hybridized carbons (Fsp3) is 0.417.